The summed E-state index contributed by atoms with van der Waals surface area (Å²) < 4.78 is 29.0. The molecule has 0 radical (unpaired) electrons. The molecule has 6 nitrogen and oxygen atoms in total. The molecular formula is C18H24F2N6. The van der Waals surface area contributed by atoms with Gasteiger partial charge in [0.2, 0.25) is 0 Å². The molecule has 1 atom stereocenters. The molecule has 0 fully saturated rings. The van der Waals surface area contributed by atoms with Crippen LogP contribution in [0.15, 0.2) is 23.2 Å². The minimum absolute atomic E-state index is 0.0696. The number of hydrogen-bond donors (Lipinski definition) is 2. The Hall–Kier alpha value is -2.51. The van der Waals surface area contributed by atoms with Gasteiger partial charge in [-0.1, -0.05) is 6.92 Å². The van der Waals surface area contributed by atoms with Crippen molar-refractivity contribution in [3.63, 3.8) is 0 Å². The van der Waals surface area contributed by atoms with Crippen LogP contribution in [0, 0.1) is 11.6 Å². The maximum atomic E-state index is 13.8. The van der Waals surface area contributed by atoms with Gasteiger partial charge in [-0.25, -0.2) is 23.4 Å². The minimum Gasteiger partial charge on any atom is -0.357 e. The average molecular weight is 362 g/mol. The van der Waals surface area contributed by atoms with E-state index in [0.717, 1.165) is 43.0 Å². The highest BCUT2D eigenvalue weighted by Gasteiger charge is 2.22. The predicted molar refractivity (Wildman–Crippen MR) is 95.8 cm³/mol. The summed E-state index contributed by atoms with van der Waals surface area (Å²) >= 11 is 0. The highest BCUT2D eigenvalue weighted by molar-refractivity contribution is 5.80. The van der Waals surface area contributed by atoms with E-state index in [1.807, 2.05) is 18.5 Å². The molecule has 1 aliphatic rings. The molecule has 1 aromatic carbocycles. The number of aliphatic imine (C=N–C) groups is 1. The summed E-state index contributed by atoms with van der Waals surface area (Å²) in [5.74, 6) is 1.54. The van der Waals surface area contributed by atoms with Gasteiger partial charge in [-0.05, 0) is 31.5 Å². The second-order valence-electron chi connectivity index (χ2n) is 6.29. The van der Waals surface area contributed by atoms with Gasteiger partial charge in [-0.2, -0.15) is 5.10 Å². The molecule has 0 bridgehead atoms. The van der Waals surface area contributed by atoms with Crippen LogP contribution in [0.2, 0.25) is 0 Å². The first kappa shape index (κ1) is 18.3. The zero-order valence-electron chi connectivity index (χ0n) is 15.1. The van der Waals surface area contributed by atoms with Crippen molar-refractivity contribution in [2.45, 2.75) is 52.2 Å². The predicted octanol–water partition coefficient (Wildman–Crippen LogP) is 2.19. The van der Waals surface area contributed by atoms with E-state index in [9.17, 15) is 8.78 Å². The van der Waals surface area contributed by atoms with Crippen LogP contribution in [0.3, 0.4) is 0 Å². The van der Waals surface area contributed by atoms with Gasteiger partial charge in [0.25, 0.3) is 0 Å². The summed E-state index contributed by atoms with van der Waals surface area (Å²) in [7, 11) is 0. The standard InChI is InChI=1S/C18H24F2N6/c1-3-16-24-17-8-6-14(11-26(17)25-16)23-18(21-4-2)22-10-12-9-13(19)5-7-15(12)20/h5,7,9,14H,3-4,6,8,10-11H2,1-2H3,(H2,21,22,23). The van der Waals surface area contributed by atoms with Gasteiger partial charge in [0, 0.05) is 31.0 Å². The van der Waals surface area contributed by atoms with Crippen molar-refractivity contribution < 1.29 is 8.78 Å². The minimum atomic E-state index is -0.465. The third kappa shape index (κ3) is 4.36. The summed E-state index contributed by atoms with van der Waals surface area (Å²) in [4.78, 5) is 8.91. The van der Waals surface area contributed by atoms with Crippen LogP contribution in [0.1, 0.15) is 37.5 Å². The van der Waals surface area contributed by atoms with E-state index in [2.05, 4.69) is 25.7 Å². The number of aromatic nitrogens is 3. The number of benzene rings is 1. The summed E-state index contributed by atoms with van der Waals surface area (Å²) in [6.07, 6.45) is 2.59. The Morgan fingerprint density at radius 3 is 2.96 bits per heavy atom. The summed E-state index contributed by atoms with van der Waals surface area (Å²) in [6.45, 7) is 5.46. The van der Waals surface area contributed by atoms with Gasteiger partial charge in [0.05, 0.1) is 13.1 Å². The Balaban J connectivity index is 1.67. The molecule has 0 saturated carbocycles. The van der Waals surface area contributed by atoms with E-state index in [1.54, 1.807) is 0 Å². The number of guanidine groups is 1. The van der Waals surface area contributed by atoms with Gasteiger partial charge >= 0.3 is 0 Å². The second-order valence-corrected chi connectivity index (χ2v) is 6.29. The molecule has 140 valence electrons. The van der Waals surface area contributed by atoms with E-state index in [-0.39, 0.29) is 18.2 Å². The molecule has 3 rings (SSSR count). The number of nitrogens with one attached hydrogen (secondary N) is 2. The van der Waals surface area contributed by atoms with Crippen molar-refractivity contribution in [3.8, 4) is 0 Å². The molecule has 2 aromatic rings. The number of fused-ring (bicyclic) bond motifs is 1. The van der Waals surface area contributed by atoms with E-state index in [4.69, 9.17) is 0 Å². The number of hydrogen-bond acceptors (Lipinski definition) is 3. The zero-order chi connectivity index (χ0) is 18.5. The lowest BCUT2D eigenvalue weighted by atomic mass is 10.1. The molecule has 2 heterocycles. The Labute approximate surface area is 151 Å². The Bertz CT molecular complexity index is 786. The second kappa shape index (κ2) is 8.25. The average Bonchev–Trinajstić information content (AvgIpc) is 3.05. The molecule has 26 heavy (non-hydrogen) atoms. The SMILES string of the molecule is CCNC(=NCc1cc(F)ccc1F)NC1CCc2nc(CC)nn2C1. The number of nitrogens with zero attached hydrogens (tertiary/aromatic N) is 4. The van der Waals surface area contributed by atoms with Crippen LogP contribution in [0.25, 0.3) is 0 Å². The van der Waals surface area contributed by atoms with Gasteiger partial charge in [-0.15, -0.1) is 0 Å². The van der Waals surface area contributed by atoms with Crippen LogP contribution < -0.4 is 10.6 Å². The first-order chi connectivity index (χ1) is 12.6. The molecule has 1 aliphatic heterocycles. The molecule has 2 N–H and O–H groups in total. The van der Waals surface area contributed by atoms with Gasteiger partial charge in [-0.3, -0.25) is 0 Å². The number of halogens is 2. The van der Waals surface area contributed by atoms with Crippen molar-refractivity contribution in [1.82, 2.24) is 25.4 Å². The summed E-state index contributed by atoms with van der Waals surface area (Å²) in [5.41, 5.74) is 0.233. The van der Waals surface area contributed by atoms with Crippen molar-refractivity contribution in [1.29, 1.82) is 0 Å². The first-order valence-corrected chi connectivity index (χ1v) is 9.00. The molecule has 1 unspecified atom stereocenters. The monoisotopic (exact) mass is 362 g/mol. The fourth-order valence-electron chi connectivity index (χ4n) is 2.97. The molecule has 0 aliphatic carbocycles. The fourth-order valence-corrected chi connectivity index (χ4v) is 2.97. The maximum absolute atomic E-state index is 13.8. The van der Waals surface area contributed by atoms with Crippen molar-refractivity contribution in [3.05, 3.63) is 47.0 Å². The normalized spacial score (nSPS) is 17.1. The number of rotatable bonds is 5. The van der Waals surface area contributed by atoms with E-state index in [0.29, 0.717) is 19.0 Å². The van der Waals surface area contributed by atoms with Crippen molar-refractivity contribution in [2.75, 3.05) is 6.54 Å². The Kier molecular flexibility index (Phi) is 5.80. The summed E-state index contributed by atoms with van der Waals surface area (Å²) in [5, 5.41) is 11.0. The third-order valence-corrected chi connectivity index (χ3v) is 4.32. The lowest BCUT2D eigenvalue weighted by Gasteiger charge is -2.25. The Morgan fingerprint density at radius 1 is 1.35 bits per heavy atom. The molecular weight excluding hydrogens is 338 g/mol. The topological polar surface area (TPSA) is 67.1 Å². The van der Waals surface area contributed by atoms with Crippen LogP contribution in [0.4, 0.5) is 8.78 Å². The highest BCUT2D eigenvalue weighted by atomic mass is 19.1. The molecule has 0 saturated heterocycles. The van der Waals surface area contributed by atoms with Crippen LogP contribution >= 0.6 is 0 Å². The largest absolute Gasteiger partial charge is 0.357 e. The smallest absolute Gasteiger partial charge is 0.191 e. The molecule has 8 heteroatoms. The quantitative estimate of drug-likeness (QED) is 0.632. The van der Waals surface area contributed by atoms with E-state index in [1.165, 1.54) is 6.07 Å². The number of aryl methyl sites for hydroxylation is 2. The lowest BCUT2D eigenvalue weighted by molar-refractivity contribution is 0.392. The maximum Gasteiger partial charge on any atom is 0.191 e. The molecule has 0 amide bonds. The highest BCUT2D eigenvalue weighted by Crippen LogP contribution is 2.14. The van der Waals surface area contributed by atoms with Gasteiger partial charge < -0.3 is 10.6 Å². The van der Waals surface area contributed by atoms with Crippen LogP contribution in [-0.2, 0) is 25.9 Å². The third-order valence-electron chi connectivity index (χ3n) is 4.32. The van der Waals surface area contributed by atoms with Crippen molar-refractivity contribution >= 4 is 5.96 Å². The Morgan fingerprint density at radius 2 is 2.19 bits per heavy atom. The van der Waals surface area contributed by atoms with Crippen LogP contribution in [-0.4, -0.2) is 33.3 Å². The summed E-state index contributed by atoms with van der Waals surface area (Å²) in [6, 6.07) is 3.56. The van der Waals surface area contributed by atoms with Crippen molar-refractivity contribution in [2.24, 2.45) is 4.99 Å². The van der Waals surface area contributed by atoms with Gasteiger partial charge in [0.15, 0.2) is 11.8 Å². The van der Waals surface area contributed by atoms with E-state index >= 15 is 0 Å². The van der Waals surface area contributed by atoms with Crippen LogP contribution in [0.5, 0.6) is 0 Å². The first-order valence-electron chi connectivity index (χ1n) is 9.00. The molecule has 1 aromatic heterocycles. The van der Waals surface area contributed by atoms with E-state index < -0.39 is 11.6 Å². The lowest BCUT2D eigenvalue weighted by Crippen LogP contribution is -2.47. The fraction of sp³-hybridized carbons (Fsp3) is 0.500. The molecule has 0 spiro atoms. The van der Waals surface area contributed by atoms with Gasteiger partial charge in [0.1, 0.15) is 17.5 Å². The zero-order valence-corrected chi connectivity index (χ0v) is 15.1.